The average molecular weight is 193 g/mol. The van der Waals surface area contributed by atoms with Gasteiger partial charge in [0.15, 0.2) is 0 Å². The Bertz CT molecular complexity index is 312. The summed E-state index contributed by atoms with van der Waals surface area (Å²) in [4.78, 5) is 10.8. The highest BCUT2D eigenvalue weighted by Gasteiger charge is 1.96. The molecule has 1 aromatic rings. The summed E-state index contributed by atoms with van der Waals surface area (Å²) in [6.07, 6.45) is 0. The normalized spacial score (nSPS) is 9.57. The predicted octanol–water partition coefficient (Wildman–Crippen LogP) is 1.02. The van der Waals surface area contributed by atoms with Gasteiger partial charge in [-0.25, -0.2) is 0 Å². The van der Waals surface area contributed by atoms with Crippen molar-refractivity contribution in [1.82, 2.24) is 0 Å². The summed E-state index contributed by atoms with van der Waals surface area (Å²) in [5.41, 5.74) is 7.11. The number of anilines is 2. The molecule has 0 saturated carbocycles. The molecule has 0 atom stereocenters. The van der Waals surface area contributed by atoms with Crippen molar-refractivity contribution >= 4 is 17.3 Å². The van der Waals surface area contributed by atoms with Crippen molar-refractivity contribution in [3.8, 4) is 0 Å². The Balaban J connectivity index is 2.63. The lowest BCUT2D eigenvalue weighted by Gasteiger charge is -2.07. The molecule has 0 spiro atoms. The molecular weight excluding hydrogens is 178 g/mol. The predicted molar refractivity (Wildman–Crippen MR) is 58.3 cm³/mol. The minimum atomic E-state index is -0.0685. The maximum absolute atomic E-state index is 10.8. The second-order valence-electron chi connectivity index (χ2n) is 2.98. The monoisotopic (exact) mass is 193 g/mol. The van der Waals surface area contributed by atoms with Gasteiger partial charge in [-0.2, -0.15) is 0 Å². The minimum Gasteiger partial charge on any atom is -0.384 e. The molecule has 0 fully saturated rings. The van der Waals surface area contributed by atoms with Crippen LogP contribution in [0, 0.1) is 0 Å². The summed E-state index contributed by atoms with van der Waals surface area (Å²) in [5.74, 6) is -0.0685. The van der Waals surface area contributed by atoms with E-state index in [2.05, 4.69) is 10.6 Å². The first-order valence-corrected chi connectivity index (χ1v) is 4.54. The Kier molecular flexibility index (Phi) is 3.94. The standard InChI is InChI=1S/C10H15N3O/c1-8(14)13-10-4-2-3-9(7-10)12-6-5-11/h2-4,7,12H,5-6,11H2,1H3,(H,13,14). The van der Waals surface area contributed by atoms with Gasteiger partial charge in [0.25, 0.3) is 0 Å². The van der Waals surface area contributed by atoms with Crippen molar-refractivity contribution in [2.45, 2.75) is 6.92 Å². The van der Waals surface area contributed by atoms with Crippen molar-refractivity contribution in [3.05, 3.63) is 24.3 Å². The van der Waals surface area contributed by atoms with Crippen molar-refractivity contribution in [2.24, 2.45) is 5.73 Å². The Labute approximate surface area is 83.5 Å². The van der Waals surface area contributed by atoms with Crippen LogP contribution in [-0.2, 0) is 4.79 Å². The molecule has 4 heteroatoms. The third-order valence-electron chi connectivity index (χ3n) is 1.66. The molecule has 0 aliphatic rings. The summed E-state index contributed by atoms with van der Waals surface area (Å²) >= 11 is 0. The van der Waals surface area contributed by atoms with Gasteiger partial charge in [-0.1, -0.05) is 6.07 Å². The number of amides is 1. The maximum Gasteiger partial charge on any atom is 0.221 e. The van der Waals surface area contributed by atoms with Gasteiger partial charge < -0.3 is 16.4 Å². The Morgan fingerprint density at radius 3 is 2.79 bits per heavy atom. The van der Waals surface area contributed by atoms with Gasteiger partial charge in [-0.3, -0.25) is 4.79 Å². The molecule has 4 nitrogen and oxygen atoms in total. The van der Waals surface area contributed by atoms with E-state index in [0.717, 1.165) is 17.9 Å². The van der Waals surface area contributed by atoms with Gasteiger partial charge in [0.1, 0.15) is 0 Å². The molecule has 0 aliphatic carbocycles. The number of nitrogens with two attached hydrogens (primary N) is 1. The Hall–Kier alpha value is -1.55. The number of carbonyl (C=O) groups excluding carboxylic acids is 1. The van der Waals surface area contributed by atoms with Crippen LogP contribution in [0.5, 0.6) is 0 Å². The molecule has 0 aromatic heterocycles. The lowest BCUT2D eigenvalue weighted by Crippen LogP contribution is -2.13. The molecule has 0 heterocycles. The Morgan fingerprint density at radius 2 is 2.14 bits per heavy atom. The second kappa shape index (κ2) is 5.24. The quantitative estimate of drug-likeness (QED) is 0.668. The van der Waals surface area contributed by atoms with E-state index in [-0.39, 0.29) is 5.91 Å². The lowest BCUT2D eigenvalue weighted by atomic mass is 10.2. The lowest BCUT2D eigenvalue weighted by molar-refractivity contribution is -0.114. The second-order valence-corrected chi connectivity index (χ2v) is 2.98. The number of nitrogens with one attached hydrogen (secondary N) is 2. The summed E-state index contributed by atoms with van der Waals surface area (Å²) < 4.78 is 0. The molecule has 1 amide bonds. The third kappa shape index (κ3) is 3.45. The van der Waals surface area contributed by atoms with Gasteiger partial charge in [0.05, 0.1) is 0 Å². The molecule has 0 radical (unpaired) electrons. The minimum absolute atomic E-state index is 0.0685. The molecule has 4 N–H and O–H groups in total. The first kappa shape index (κ1) is 10.5. The maximum atomic E-state index is 10.8. The van der Waals surface area contributed by atoms with E-state index in [1.165, 1.54) is 6.92 Å². The van der Waals surface area contributed by atoms with Gasteiger partial charge in [-0.05, 0) is 18.2 Å². The van der Waals surface area contributed by atoms with Gasteiger partial charge >= 0.3 is 0 Å². The molecule has 0 bridgehead atoms. The average Bonchev–Trinajstić information content (AvgIpc) is 2.14. The highest BCUT2D eigenvalue weighted by molar-refractivity contribution is 5.89. The zero-order chi connectivity index (χ0) is 10.4. The van der Waals surface area contributed by atoms with Crippen LogP contribution in [-0.4, -0.2) is 19.0 Å². The number of carbonyl (C=O) groups is 1. The fraction of sp³-hybridized carbons (Fsp3) is 0.300. The van der Waals surface area contributed by atoms with Crippen LogP contribution in [0.1, 0.15) is 6.92 Å². The van der Waals surface area contributed by atoms with E-state index in [0.29, 0.717) is 6.54 Å². The molecule has 0 aliphatic heterocycles. The largest absolute Gasteiger partial charge is 0.384 e. The fourth-order valence-electron chi connectivity index (χ4n) is 1.13. The molecular formula is C10H15N3O. The zero-order valence-electron chi connectivity index (χ0n) is 8.21. The Morgan fingerprint density at radius 1 is 1.43 bits per heavy atom. The molecule has 0 unspecified atom stereocenters. The molecule has 0 saturated heterocycles. The van der Waals surface area contributed by atoms with E-state index in [9.17, 15) is 4.79 Å². The highest BCUT2D eigenvalue weighted by Crippen LogP contribution is 2.14. The van der Waals surface area contributed by atoms with E-state index < -0.39 is 0 Å². The smallest absolute Gasteiger partial charge is 0.221 e. The summed E-state index contributed by atoms with van der Waals surface area (Å²) in [7, 11) is 0. The summed E-state index contributed by atoms with van der Waals surface area (Å²) in [6.45, 7) is 2.80. The van der Waals surface area contributed by atoms with Crippen molar-refractivity contribution in [1.29, 1.82) is 0 Å². The fourth-order valence-corrected chi connectivity index (χ4v) is 1.13. The van der Waals surface area contributed by atoms with Crippen LogP contribution in [0.25, 0.3) is 0 Å². The molecule has 1 aromatic carbocycles. The molecule has 1 rings (SSSR count). The van der Waals surface area contributed by atoms with Crippen LogP contribution in [0.2, 0.25) is 0 Å². The third-order valence-corrected chi connectivity index (χ3v) is 1.66. The molecule has 76 valence electrons. The topological polar surface area (TPSA) is 67.2 Å². The number of hydrogen-bond donors (Lipinski definition) is 3. The van der Waals surface area contributed by atoms with Gasteiger partial charge in [0, 0.05) is 31.4 Å². The zero-order valence-corrected chi connectivity index (χ0v) is 8.21. The summed E-state index contributed by atoms with van der Waals surface area (Å²) in [6, 6.07) is 7.52. The van der Waals surface area contributed by atoms with Crippen LogP contribution < -0.4 is 16.4 Å². The van der Waals surface area contributed by atoms with E-state index in [1.54, 1.807) is 0 Å². The number of rotatable bonds is 4. The first-order valence-electron chi connectivity index (χ1n) is 4.54. The van der Waals surface area contributed by atoms with Gasteiger partial charge in [0.2, 0.25) is 5.91 Å². The van der Waals surface area contributed by atoms with E-state index >= 15 is 0 Å². The van der Waals surface area contributed by atoms with Crippen LogP contribution in [0.4, 0.5) is 11.4 Å². The van der Waals surface area contributed by atoms with E-state index in [1.807, 2.05) is 24.3 Å². The SMILES string of the molecule is CC(=O)Nc1cccc(NCCN)c1. The van der Waals surface area contributed by atoms with E-state index in [4.69, 9.17) is 5.73 Å². The van der Waals surface area contributed by atoms with Crippen molar-refractivity contribution in [3.63, 3.8) is 0 Å². The number of benzene rings is 1. The highest BCUT2D eigenvalue weighted by atomic mass is 16.1. The first-order chi connectivity index (χ1) is 6.72. The van der Waals surface area contributed by atoms with Crippen LogP contribution >= 0.6 is 0 Å². The number of hydrogen-bond acceptors (Lipinski definition) is 3. The van der Waals surface area contributed by atoms with Crippen molar-refractivity contribution < 1.29 is 4.79 Å². The van der Waals surface area contributed by atoms with Gasteiger partial charge in [-0.15, -0.1) is 0 Å². The van der Waals surface area contributed by atoms with Crippen LogP contribution in [0.15, 0.2) is 24.3 Å². The van der Waals surface area contributed by atoms with Crippen LogP contribution in [0.3, 0.4) is 0 Å². The summed E-state index contributed by atoms with van der Waals surface area (Å²) in [5, 5.41) is 5.84. The molecule has 14 heavy (non-hydrogen) atoms. The van der Waals surface area contributed by atoms with Crippen molar-refractivity contribution in [2.75, 3.05) is 23.7 Å².